The van der Waals surface area contributed by atoms with Crippen molar-refractivity contribution < 1.29 is 4.79 Å². The number of benzene rings is 1. The van der Waals surface area contributed by atoms with Gasteiger partial charge >= 0.3 is 0 Å². The van der Waals surface area contributed by atoms with E-state index in [4.69, 9.17) is 5.73 Å². The van der Waals surface area contributed by atoms with E-state index in [1.165, 1.54) is 5.56 Å². The van der Waals surface area contributed by atoms with Gasteiger partial charge in [0.15, 0.2) is 0 Å². The van der Waals surface area contributed by atoms with Crippen LogP contribution in [0.5, 0.6) is 0 Å². The van der Waals surface area contributed by atoms with E-state index < -0.39 is 0 Å². The van der Waals surface area contributed by atoms with Gasteiger partial charge in [0.25, 0.3) is 0 Å². The monoisotopic (exact) mass is 290 g/mol. The van der Waals surface area contributed by atoms with E-state index in [0.29, 0.717) is 13.0 Å². The van der Waals surface area contributed by atoms with Gasteiger partial charge in [-0.05, 0) is 37.7 Å². The zero-order valence-electron chi connectivity index (χ0n) is 12.8. The molecule has 5 heteroatoms. The van der Waals surface area contributed by atoms with Gasteiger partial charge in [0.1, 0.15) is 0 Å². The number of anilines is 1. The van der Waals surface area contributed by atoms with E-state index in [9.17, 15) is 4.79 Å². The lowest BCUT2D eigenvalue weighted by atomic mass is 10.1. The number of amides is 1. The van der Waals surface area contributed by atoms with E-state index in [1.807, 2.05) is 12.1 Å². The molecular formula is C16H26N4O. The Morgan fingerprint density at radius 1 is 1.29 bits per heavy atom. The third-order valence-electron chi connectivity index (χ3n) is 3.82. The van der Waals surface area contributed by atoms with Crippen LogP contribution in [0.3, 0.4) is 0 Å². The molecule has 1 heterocycles. The lowest BCUT2D eigenvalue weighted by molar-refractivity contribution is -0.116. The summed E-state index contributed by atoms with van der Waals surface area (Å²) in [5, 5.41) is 2.94. The zero-order valence-corrected chi connectivity index (χ0v) is 12.8. The van der Waals surface area contributed by atoms with Gasteiger partial charge in [0.05, 0.1) is 0 Å². The molecule has 116 valence electrons. The second-order valence-electron chi connectivity index (χ2n) is 5.72. The summed E-state index contributed by atoms with van der Waals surface area (Å²) in [7, 11) is 2.16. The molecule has 3 N–H and O–H groups in total. The highest BCUT2D eigenvalue weighted by Gasteiger charge is 2.14. The summed E-state index contributed by atoms with van der Waals surface area (Å²) < 4.78 is 0. The van der Waals surface area contributed by atoms with Gasteiger partial charge in [-0.1, -0.05) is 12.1 Å². The van der Waals surface area contributed by atoms with Gasteiger partial charge in [-0.15, -0.1) is 0 Å². The fourth-order valence-electron chi connectivity index (χ4n) is 2.50. The molecule has 0 atom stereocenters. The van der Waals surface area contributed by atoms with Crippen molar-refractivity contribution >= 4 is 11.6 Å². The summed E-state index contributed by atoms with van der Waals surface area (Å²) in [4.78, 5) is 16.5. The number of hydrogen-bond donors (Lipinski definition) is 2. The van der Waals surface area contributed by atoms with E-state index in [-0.39, 0.29) is 5.91 Å². The van der Waals surface area contributed by atoms with E-state index in [1.54, 1.807) is 0 Å². The number of nitrogens with one attached hydrogen (secondary N) is 1. The maximum absolute atomic E-state index is 11.7. The molecule has 0 aromatic heterocycles. The van der Waals surface area contributed by atoms with Crippen molar-refractivity contribution in [2.45, 2.75) is 19.4 Å². The molecule has 0 aliphatic carbocycles. The second-order valence-corrected chi connectivity index (χ2v) is 5.72. The van der Waals surface area contributed by atoms with Crippen molar-refractivity contribution in [1.82, 2.24) is 9.80 Å². The average molecular weight is 290 g/mol. The summed E-state index contributed by atoms with van der Waals surface area (Å²) in [6.45, 7) is 5.94. The lowest BCUT2D eigenvalue weighted by Gasteiger charge is -2.32. The molecule has 0 unspecified atom stereocenters. The minimum atomic E-state index is 0.0391. The van der Waals surface area contributed by atoms with Gasteiger partial charge in [-0.25, -0.2) is 0 Å². The average Bonchev–Trinajstić information content (AvgIpc) is 2.48. The number of nitrogens with zero attached hydrogens (tertiary/aromatic N) is 2. The maximum Gasteiger partial charge on any atom is 0.224 e. The number of piperazine rings is 1. The number of carbonyl (C=O) groups is 1. The Hall–Kier alpha value is -1.43. The Morgan fingerprint density at radius 3 is 2.76 bits per heavy atom. The standard InChI is InChI=1S/C16H26N4O/c1-19-8-10-20(11-9-19)13-14-4-2-5-15(12-14)18-16(21)6-3-7-17/h2,4-5,12H,3,6-11,13,17H2,1H3,(H,18,21). The number of rotatable bonds is 6. The quantitative estimate of drug-likeness (QED) is 0.824. The lowest BCUT2D eigenvalue weighted by Crippen LogP contribution is -2.43. The Kier molecular flexibility index (Phi) is 6.17. The molecule has 1 aromatic rings. The van der Waals surface area contributed by atoms with Crippen LogP contribution in [0, 0.1) is 0 Å². The number of nitrogens with two attached hydrogens (primary N) is 1. The third-order valence-corrected chi connectivity index (χ3v) is 3.82. The van der Waals surface area contributed by atoms with Crippen LogP contribution in [0.1, 0.15) is 18.4 Å². The van der Waals surface area contributed by atoms with Crippen LogP contribution >= 0.6 is 0 Å². The third kappa shape index (κ3) is 5.46. The van der Waals surface area contributed by atoms with Crippen LogP contribution in [0.15, 0.2) is 24.3 Å². The first-order valence-corrected chi connectivity index (χ1v) is 7.67. The van der Waals surface area contributed by atoms with Gasteiger partial charge < -0.3 is 16.0 Å². The molecule has 0 radical (unpaired) electrons. The first-order valence-electron chi connectivity index (χ1n) is 7.67. The molecule has 5 nitrogen and oxygen atoms in total. The van der Waals surface area contributed by atoms with Crippen molar-refractivity contribution in [3.05, 3.63) is 29.8 Å². The van der Waals surface area contributed by atoms with E-state index in [2.05, 4.69) is 34.3 Å². The van der Waals surface area contributed by atoms with Gasteiger partial charge in [0, 0.05) is 44.8 Å². The van der Waals surface area contributed by atoms with Crippen molar-refractivity contribution in [1.29, 1.82) is 0 Å². The van der Waals surface area contributed by atoms with Crippen LogP contribution in [-0.2, 0) is 11.3 Å². The Balaban J connectivity index is 1.87. The van der Waals surface area contributed by atoms with Crippen LogP contribution in [-0.4, -0.2) is 55.5 Å². The first-order chi connectivity index (χ1) is 10.2. The topological polar surface area (TPSA) is 61.6 Å². The number of likely N-dealkylation sites (N-methyl/N-ethyl adjacent to an activating group) is 1. The van der Waals surface area contributed by atoms with Crippen molar-refractivity contribution in [3.8, 4) is 0 Å². The van der Waals surface area contributed by atoms with Crippen LogP contribution < -0.4 is 11.1 Å². The number of carbonyl (C=O) groups excluding carboxylic acids is 1. The maximum atomic E-state index is 11.7. The minimum absolute atomic E-state index is 0.0391. The predicted octanol–water partition coefficient (Wildman–Crippen LogP) is 1.11. The molecule has 0 spiro atoms. The highest BCUT2D eigenvalue weighted by atomic mass is 16.1. The summed E-state index contributed by atoms with van der Waals surface area (Å²) in [6, 6.07) is 8.13. The Morgan fingerprint density at radius 2 is 2.05 bits per heavy atom. The fourth-order valence-corrected chi connectivity index (χ4v) is 2.50. The van der Waals surface area contributed by atoms with Gasteiger partial charge in [0.2, 0.25) is 5.91 Å². The highest BCUT2D eigenvalue weighted by molar-refractivity contribution is 5.90. The van der Waals surface area contributed by atoms with Gasteiger partial charge in [-0.3, -0.25) is 9.69 Å². The summed E-state index contributed by atoms with van der Waals surface area (Å²) in [5.41, 5.74) is 7.54. The molecule has 1 aliphatic rings. The zero-order chi connectivity index (χ0) is 15.1. The highest BCUT2D eigenvalue weighted by Crippen LogP contribution is 2.14. The Labute approximate surface area is 127 Å². The van der Waals surface area contributed by atoms with Gasteiger partial charge in [-0.2, -0.15) is 0 Å². The molecular weight excluding hydrogens is 264 g/mol. The molecule has 0 bridgehead atoms. The smallest absolute Gasteiger partial charge is 0.224 e. The molecule has 21 heavy (non-hydrogen) atoms. The molecule has 2 rings (SSSR count). The van der Waals surface area contributed by atoms with E-state index >= 15 is 0 Å². The normalized spacial score (nSPS) is 16.9. The second kappa shape index (κ2) is 8.12. The Bertz CT molecular complexity index is 455. The predicted molar refractivity (Wildman–Crippen MR) is 86.1 cm³/mol. The number of hydrogen-bond acceptors (Lipinski definition) is 4. The molecule has 1 saturated heterocycles. The summed E-state index contributed by atoms with van der Waals surface area (Å²) in [5.74, 6) is 0.0391. The molecule has 0 saturated carbocycles. The van der Waals surface area contributed by atoms with Crippen LogP contribution in [0.25, 0.3) is 0 Å². The molecule has 1 aromatic carbocycles. The van der Waals surface area contributed by atoms with Crippen LogP contribution in [0.4, 0.5) is 5.69 Å². The summed E-state index contributed by atoms with van der Waals surface area (Å²) >= 11 is 0. The van der Waals surface area contributed by atoms with Crippen LogP contribution in [0.2, 0.25) is 0 Å². The fraction of sp³-hybridized carbons (Fsp3) is 0.562. The van der Waals surface area contributed by atoms with Crippen molar-refractivity contribution in [2.75, 3.05) is 45.1 Å². The van der Waals surface area contributed by atoms with Crippen molar-refractivity contribution in [2.24, 2.45) is 5.73 Å². The summed E-state index contributed by atoms with van der Waals surface area (Å²) in [6.07, 6.45) is 1.21. The largest absolute Gasteiger partial charge is 0.330 e. The minimum Gasteiger partial charge on any atom is -0.330 e. The van der Waals surface area contributed by atoms with Crippen molar-refractivity contribution in [3.63, 3.8) is 0 Å². The SMILES string of the molecule is CN1CCN(Cc2cccc(NC(=O)CCCN)c2)CC1. The molecule has 1 amide bonds. The van der Waals surface area contributed by atoms with E-state index in [0.717, 1.165) is 44.8 Å². The first kappa shape index (κ1) is 15.9. The molecule has 1 fully saturated rings. The molecule has 1 aliphatic heterocycles.